The molecule has 1 unspecified atom stereocenters. The highest BCUT2D eigenvalue weighted by Crippen LogP contribution is 2.04. The molecule has 0 fully saturated rings. The van der Waals surface area contributed by atoms with Gasteiger partial charge in [0.1, 0.15) is 0 Å². The van der Waals surface area contributed by atoms with Crippen molar-refractivity contribution in [3.63, 3.8) is 0 Å². The van der Waals surface area contributed by atoms with Crippen molar-refractivity contribution in [1.82, 2.24) is 5.43 Å². The SMILES string of the molecule is CCOC(=O)C(Br)/C(C)=N/NC(N)=O. The van der Waals surface area contributed by atoms with Crippen LogP contribution in [0, 0.1) is 0 Å². The standard InChI is InChI=1S/C7H12BrN3O3/c1-3-14-6(12)5(8)4(2)10-11-7(9)13/h5H,3H2,1-2H3,(H3,9,11,13)/b10-4+. The second-order valence-electron chi connectivity index (χ2n) is 2.34. The highest BCUT2D eigenvalue weighted by Gasteiger charge is 2.19. The van der Waals surface area contributed by atoms with E-state index in [1.807, 2.05) is 5.43 Å². The van der Waals surface area contributed by atoms with Gasteiger partial charge >= 0.3 is 12.0 Å². The van der Waals surface area contributed by atoms with Crippen molar-refractivity contribution in [3.8, 4) is 0 Å². The molecule has 0 rings (SSSR count). The maximum atomic E-state index is 11.1. The number of nitrogens with one attached hydrogen (secondary N) is 1. The van der Waals surface area contributed by atoms with Crippen molar-refractivity contribution in [3.05, 3.63) is 0 Å². The van der Waals surface area contributed by atoms with Crippen LogP contribution in [0.25, 0.3) is 0 Å². The molecule has 0 aromatic carbocycles. The molecule has 1 atom stereocenters. The molecule has 0 radical (unpaired) electrons. The minimum absolute atomic E-state index is 0.289. The third kappa shape index (κ3) is 4.80. The zero-order valence-electron chi connectivity index (χ0n) is 7.91. The number of hydrogen-bond donors (Lipinski definition) is 2. The summed E-state index contributed by atoms with van der Waals surface area (Å²) in [7, 11) is 0. The third-order valence-corrected chi connectivity index (χ3v) is 2.24. The fourth-order valence-corrected chi connectivity index (χ4v) is 0.820. The summed E-state index contributed by atoms with van der Waals surface area (Å²) in [6, 6.07) is -0.784. The quantitative estimate of drug-likeness (QED) is 0.333. The molecule has 80 valence electrons. The van der Waals surface area contributed by atoms with Gasteiger partial charge in [-0.05, 0) is 13.8 Å². The van der Waals surface area contributed by atoms with Gasteiger partial charge in [-0.3, -0.25) is 4.79 Å². The second-order valence-corrected chi connectivity index (χ2v) is 3.26. The van der Waals surface area contributed by atoms with Crippen molar-refractivity contribution in [1.29, 1.82) is 0 Å². The molecule has 0 saturated heterocycles. The number of nitrogens with zero attached hydrogens (tertiary/aromatic N) is 1. The summed E-state index contributed by atoms with van der Waals surface area (Å²) in [6.07, 6.45) is 0. The van der Waals surface area contributed by atoms with E-state index in [0.29, 0.717) is 5.71 Å². The van der Waals surface area contributed by atoms with Gasteiger partial charge in [-0.25, -0.2) is 10.2 Å². The number of ether oxygens (including phenoxy) is 1. The lowest BCUT2D eigenvalue weighted by atomic mass is 10.3. The summed E-state index contributed by atoms with van der Waals surface area (Å²) < 4.78 is 4.72. The lowest BCUT2D eigenvalue weighted by Gasteiger charge is -2.07. The van der Waals surface area contributed by atoms with Crippen LogP contribution < -0.4 is 11.2 Å². The predicted molar refractivity (Wildman–Crippen MR) is 55.2 cm³/mol. The second kappa shape index (κ2) is 6.36. The minimum Gasteiger partial charge on any atom is -0.465 e. The van der Waals surface area contributed by atoms with Gasteiger partial charge in [-0.15, -0.1) is 0 Å². The molecule has 0 aromatic rings. The number of nitrogens with two attached hydrogens (primary N) is 1. The van der Waals surface area contributed by atoms with E-state index in [2.05, 4.69) is 21.0 Å². The number of amides is 2. The average Bonchev–Trinajstić information content (AvgIpc) is 2.13. The molecule has 0 aliphatic carbocycles. The van der Waals surface area contributed by atoms with Crippen LogP contribution in [0.1, 0.15) is 13.8 Å². The Morgan fingerprint density at radius 1 is 1.64 bits per heavy atom. The number of alkyl halides is 1. The first-order valence-electron chi connectivity index (χ1n) is 3.89. The number of hydrazone groups is 1. The summed E-state index contributed by atoms with van der Waals surface area (Å²) in [6.45, 7) is 3.55. The Bertz CT molecular complexity index is 255. The Morgan fingerprint density at radius 3 is 2.64 bits per heavy atom. The number of primary amides is 1. The normalized spacial score (nSPS) is 13.2. The van der Waals surface area contributed by atoms with Crippen molar-refractivity contribution >= 4 is 33.6 Å². The van der Waals surface area contributed by atoms with Crippen LogP contribution in [-0.4, -0.2) is 29.1 Å². The number of carbonyl (C=O) groups excluding carboxylic acids is 2. The van der Waals surface area contributed by atoms with Gasteiger partial charge in [-0.1, -0.05) is 15.9 Å². The highest BCUT2D eigenvalue weighted by molar-refractivity contribution is 9.10. The highest BCUT2D eigenvalue weighted by atomic mass is 79.9. The van der Waals surface area contributed by atoms with Gasteiger partial charge in [0.15, 0.2) is 4.83 Å². The van der Waals surface area contributed by atoms with E-state index in [0.717, 1.165) is 0 Å². The summed E-state index contributed by atoms with van der Waals surface area (Å²) in [4.78, 5) is 20.8. The van der Waals surface area contributed by atoms with Gasteiger partial charge in [0.05, 0.1) is 12.3 Å². The first kappa shape index (κ1) is 12.9. The molecule has 2 amide bonds. The summed E-state index contributed by atoms with van der Waals surface area (Å²) in [5.41, 5.74) is 7.16. The number of halogens is 1. The lowest BCUT2D eigenvalue weighted by molar-refractivity contribution is -0.140. The fourth-order valence-electron chi connectivity index (χ4n) is 0.586. The molecule has 0 saturated carbocycles. The van der Waals surface area contributed by atoms with Crippen molar-refractivity contribution in [2.45, 2.75) is 18.7 Å². The molecule has 14 heavy (non-hydrogen) atoms. The molecule has 0 aliphatic rings. The maximum absolute atomic E-state index is 11.1. The van der Waals surface area contributed by atoms with Crippen molar-refractivity contribution in [2.24, 2.45) is 10.8 Å². The fraction of sp³-hybridized carbons (Fsp3) is 0.571. The van der Waals surface area contributed by atoms with E-state index in [9.17, 15) is 9.59 Å². The summed E-state index contributed by atoms with van der Waals surface area (Å²) >= 11 is 3.06. The zero-order chi connectivity index (χ0) is 11.1. The van der Waals surface area contributed by atoms with E-state index in [-0.39, 0.29) is 6.61 Å². The monoisotopic (exact) mass is 265 g/mol. The average molecular weight is 266 g/mol. The van der Waals surface area contributed by atoms with Gasteiger partial charge in [-0.2, -0.15) is 5.10 Å². The molecule has 6 nitrogen and oxygen atoms in total. The van der Waals surface area contributed by atoms with Gasteiger partial charge in [0, 0.05) is 0 Å². The van der Waals surface area contributed by atoms with E-state index in [4.69, 9.17) is 10.5 Å². The molecular formula is C7H12BrN3O3. The van der Waals surface area contributed by atoms with E-state index in [1.54, 1.807) is 13.8 Å². The van der Waals surface area contributed by atoms with Crippen LogP contribution in [0.15, 0.2) is 5.10 Å². The Hall–Kier alpha value is -1.11. The first-order valence-corrected chi connectivity index (χ1v) is 4.81. The Kier molecular flexibility index (Phi) is 5.86. The molecule has 7 heteroatoms. The van der Waals surface area contributed by atoms with Crippen LogP contribution in [0.4, 0.5) is 4.79 Å². The number of urea groups is 1. The smallest absolute Gasteiger partial charge is 0.332 e. The summed E-state index contributed by atoms with van der Waals surface area (Å²) in [5.74, 6) is -0.458. The molecule has 0 aliphatic heterocycles. The third-order valence-electron chi connectivity index (χ3n) is 1.20. The molecular weight excluding hydrogens is 254 g/mol. The first-order chi connectivity index (χ1) is 6.49. The van der Waals surface area contributed by atoms with Crippen LogP contribution in [0.2, 0.25) is 0 Å². The minimum atomic E-state index is -0.784. The van der Waals surface area contributed by atoms with Crippen LogP contribution in [0.3, 0.4) is 0 Å². The predicted octanol–water partition coefficient (Wildman–Crippen LogP) is 0.357. The molecule has 0 heterocycles. The Balaban J connectivity index is 4.22. The lowest BCUT2D eigenvalue weighted by Crippen LogP contribution is -2.30. The summed E-state index contributed by atoms with van der Waals surface area (Å²) in [5, 5.41) is 3.57. The van der Waals surface area contributed by atoms with Crippen LogP contribution in [0.5, 0.6) is 0 Å². The van der Waals surface area contributed by atoms with Gasteiger partial charge in [0.25, 0.3) is 0 Å². The van der Waals surface area contributed by atoms with E-state index in [1.165, 1.54) is 0 Å². The van der Waals surface area contributed by atoms with Crippen molar-refractivity contribution < 1.29 is 14.3 Å². The maximum Gasteiger partial charge on any atom is 0.332 e. The molecule has 0 aromatic heterocycles. The van der Waals surface area contributed by atoms with Gasteiger partial charge < -0.3 is 10.5 Å². The molecule has 0 bridgehead atoms. The van der Waals surface area contributed by atoms with Crippen LogP contribution >= 0.6 is 15.9 Å². The number of carbonyl (C=O) groups is 2. The topological polar surface area (TPSA) is 93.8 Å². The number of hydrogen-bond acceptors (Lipinski definition) is 4. The molecule has 3 N–H and O–H groups in total. The van der Waals surface area contributed by atoms with Crippen molar-refractivity contribution in [2.75, 3.05) is 6.61 Å². The number of rotatable bonds is 4. The Labute approximate surface area is 90.0 Å². The number of esters is 1. The zero-order valence-corrected chi connectivity index (χ0v) is 9.50. The van der Waals surface area contributed by atoms with E-state index < -0.39 is 16.8 Å². The Morgan fingerprint density at radius 2 is 2.21 bits per heavy atom. The van der Waals surface area contributed by atoms with Crippen LogP contribution in [-0.2, 0) is 9.53 Å². The molecule has 0 spiro atoms. The van der Waals surface area contributed by atoms with E-state index >= 15 is 0 Å². The largest absolute Gasteiger partial charge is 0.465 e. The van der Waals surface area contributed by atoms with Gasteiger partial charge in [0.2, 0.25) is 0 Å².